The van der Waals surface area contributed by atoms with Crippen LogP contribution in [0.25, 0.3) is 22.4 Å². The quantitative estimate of drug-likeness (QED) is 0.723. The minimum absolute atomic E-state index is 0.343. The van der Waals surface area contributed by atoms with Gasteiger partial charge in [-0.2, -0.15) is 5.10 Å². The van der Waals surface area contributed by atoms with Crippen molar-refractivity contribution in [3.05, 3.63) is 36.7 Å². The minimum Gasteiger partial charge on any atom is -0.383 e. The lowest BCUT2D eigenvalue weighted by molar-refractivity contribution is 0.188. The van der Waals surface area contributed by atoms with Crippen LogP contribution in [0, 0.1) is 0 Å². The molecular weight excluding hydrogens is 264 g/mol. The molecule has 0 saturated carbocycles. The van der Waals surface area contributed by atoms with Gasteiger partial charge in [-0.15, -0.1) is 0 Å². The molecule has 0 N–H and O–H groups in total. The highest BCUT2D eigenvalue weighted by atomic mass is 16.5. The molecule has 0 radical (unpaired) electrons. The van der Waals surface area contributed by atoms with E-state index in [-0.39, 0.29) is 0 Å². The van der Waals surface area contributed by atoms with Crippen molar-refractivity contribution in [2.45, 2.75) is 26.4 Å². The molecule has 5 nitrogen and oxygen atoms in total. The molecule has 0 unspecified atom stereocenters. The van der Waals surface area contributed by atoms with Crippen LogP contribution in [0.1, 0.15) is 19.9 Å². The molecule has 110 valence electrons. The summed E-state index contributed by atoms with van der Waals surface area (Å²) in [5.41, 5.74) is 3.17. The summed E-state index contributed by atoms with van der Waals surface area (Å²) in [5.74, 6) is 0.945. The van der Waals surface area contributed by atoms with Gasteiger partial charge in [0.2, 0.25) is 0 Å². The second-order valence-corrected chi connectivity index (χ2v) is 5.37. The molecule has 2 heterocycles. The third-order valence-corrected chi connectivity index (χ3v) is 3.56. The van der Waals surface area contributed by atoms with E-state index in [9.17, 15) is 0 Å². The van der Waals surface area contributed by atoms with Gasteiger partial charge in [0, 0.05) is 25.9 Å². The summed E-state index contributed by atoms with van der Waals surface area (Å²) in [6, 6.07) is 8.52. The second-order valence-electron chi connectivity index (χ2n) is 5.37. The second kappa shape index (κ2) is 5.69. The molecule has 0 saturated heterocycles. The lowest BCUT2D eigenvalue weighted by Gasteiger charge is -2.07. The number of para-hydroxylation sites is 2. The first-order chi connectivity index (χ1) is 10.2. The van der Waals surface area contributed by atoms with E-state index in [1.807, 2.05) is 29.1 Å². The van der Waals surface area contributed by atoms with Gasteiger partial charge in [-0.25, -0.2) is 4.98 Å². The van der Waals surface area contributed by atoms with Crippen LogP contribution in [-0.4, -0.2) is 33.0 Å². The SMILES string of the molecule is COCCn1c(-c2cnn(C(C)C)c2)nc2ccccc21. The van der Waals surface area contributed by atoms with Crippen molar-refractivity contribution in [3.63, 3.8) is 0 Å². The fraction of sp³-hybridized carbons (Fsp3) is 0.375. The topological polar surface area (TPSA) is 44.9 Å². The van der Waals surface area contributed by atoms with Crippen molar-refractivity contribution in [3.8, 4) is 11.4 Å². The summed E-state index contributed by atoms with van der Waals surface area (Å²) in [6.45, 7) is 5.67. The van der Waals surface area contributed by atoms with Crippen LogP contribution in [0.15, 0.2) is 36.7 Å². The molecule has 0 bridgehead atoms. The molecule has 3 rings (SSSR count). The molecule has 0 aliphatic carbocycles. The zero-order valence-corrected chi connectivity index (χ0v) is 12.7. The number of benzene rings is 1. The third kappa shape index (κ3) is 2.56. The maximum Gasteiger partial charge on any atom is 0.144 e. The van der Waals surface area contributed by atoms with E-state index >= 15 is 0 Å². The Morgan fingerprint density at radius 1 is 1.24 bits per heavy atom. The Bertz CT molecular complexity index is 742. The van der Waals surface area contributed by atoms with Crippen molar-refractivity contribution >= 4 is 11.0 Å². The van der Waals surface area contributed by atoms with Crippen molar-refractivity contribution in [1.29, 1.82) is 0 Å². The molecule has 0 fully saturated rings. The van der Waals surface area contributed by atoms with Crippen LogP contribution in [0.5, 0.6) is 0 Å². The number of imidazole rings is 1. The molecule has 3 aromatic rings. The van der Waals surface area contributed by atoms with Crippen molar-refractivity contribution in [2.24, 2.45) is 0 Å². The van der Waals surface area contributed by atoms with Crippen LogP contribution >= 0.6 is 0 Å². The van der Waals surface area contributed by atoms with Crippen molar-refractivity contribution in [2.75, 3.05) is 13.7 Å². The molecule has 2 aromatic heterocycles. The van der Waals surface area contributed by atoms with Crippen molar-refractivity contribution < 1.29 is 4.74 Å². The van der Waals surface area contributed by atoms with E-state index in [1.165, 1.54) is 0 Å². The zero-order valence-electron chi connectivity index (χ0n) is 12.7. The number of fused-ring (bicyclic) bond motifs is 1. The van der Waals surface area contributed by atoms with Crippen LogP contribution in [0.3, 0.4) is 0 Å². The number of hydrogen-bond acceptors (Lipinski definition) is 3. The van der Waals surface area contributed by atoms with Gasteiger partial charge in [0.15, 0.2) is 0 Å². The number of nitrogens with zero attached hydrogens (tertiary/aromatic N) is 4. The first-order valence-electron chi connectivity index (χ1n) is 7.19. The van der Waals surface area contributed by atoms with E-state index in [0.29, 0.717) is 12.6 Å². The Balaban J connectivity index is 2.11. The van der Waals surface area contributed by atoms with Crippen molar-refractivity contribution in [1.82, 2.24) is 19.3 Å². The Morgan fingerprint density at radius 3 is 2.76 bits per heavy atom. The first kappa shape index (κ1) is 13.8. The molecule has 21 heavy (non-hydrogen) atoms. The lowest BCUT2D eigenvalue weighted by atomic mass is 10.3. The first-order valence-corrected chi connectivity index (χ1v) is 7.19. The van der Waals surface area contributed by atoms with Gasteiger partial charge in [-0.3, -0.25) is 4.68 Å². The molecule has 1 aromatic carbocycles. The smallest absolute Gasteiger partial charge is 0.144 e. The summed E-state index contributed by atoms with van der Waals surface area (Å²) in [4.78, 5) is 4.76. The highest BCUT2D eigenvalue weighted by Gasteiger charge is 2.14. The highest BCUT2D eigenvalue weighted by molar-refractivity contribution is 5.80. The summed E-state index contributed by atoms with van der Waals surface area (Å²) < 4.78 is 9.38. The maximum atomic E-state index is 5.23. The average molecular weight is 284 g/mol. The summed E-state index contributed by atoms with van der Waals surface area (Å²) in [5, 5.41) is 4.42. The lowest BCUT2D eigenvalue weighted by Crippen LogP contribution is -2.05. The van der Waals surface area contributed by atoms with E-state index in [1.54, 1.807) is 7.11 Å². The van der Waals surface area contributed by atoms with Gasteiger partial charge in [-0.1, -0.05) is 12.1 Å². The molecular formula is C16H20N4O. The van der Waals surface area contributed by atoms with Gasteiger partial charge >= 0.3 is 0 Å². The molecule has 0 amide bonds. The van der Waals surface area contributed by atoms with Crippen LogP contribution in [-0.2, 0) is 11.3 Å². The summed E-state index contributed by atoms with van der Waals surface area (Å²) in [7, 11) is 1.72. The third-order valence-electron chi connectivity index (χ3n) is 3.56. The molecule has 0 aliphatic heterocycles. The summed E-state index contributed by atoms with van der Waals surface area (Å²) >= 11 is 0. The Kier molecular flexibility index (Phi) is 3.75. The van der Waals surface area contributed by atoms with Gasteiger partial charge in [0.05, 0.1) is 29.4 Å². The average Bonchev–Trinajstić information content (AvgIpc) is 3.09. The Morgan fingerprint density at radius 2 is 2.05 bits per heavy atom. The van der Waals surface area contributed by atoms with Gasteiger partial charge in [0.25, 0.3) is 0 Å². The van der Waals surface area contributed by atoms with E-state index in [2.05, 4.69) is 35.8 Å². The van der Waals surface area contributed by atoms with Gasteiger partial charge in [0.1, 0.15) is 5.82 Å². The van der Waals surface area contributed by atoms with Crippen LogP contribution < -0.4 is 0 Å². The normalized spacial score (nSPS) is 11.6. The number of ether oxygens (including phenoxy) is 1. The van der Waals surface area contributed by atoms with E-state index in [4.69, 9.17) is 9.72 Å². The standard InChI is InChI=1S/C16H20N4O/c1-12(2)20-11-13(10-17-20)16-18-14-6-4-5-7-15(14)19(16)8-9-21-3/h4-7,10-12H,8-9H2,1-3H3. The largest absolute Gasteiger partial charge is 0.383 e. The summed E-state index contributed by atoms with van der Waals surface area (Å²) in [6.07, 6.45) is 3.93. The predicted molar refractivity (Wildman–Crippen MR) is 83.2 cm³/mol. The highest BCUT2D eigenvalue weighted by Crippen LogP contribution is 2.25. The van der Waals surface area contributed by atoms with Gasteiger partial charge < -0.3 is 9.30 Å². The number of methoxy groups -OCH3 is 1. The fourth-order valence-electron chi connectivity index (χ4n) is 2.44. The predicted octanol–water partition coefficient (Wildman–Crippen LogP) is 3.13. The Hall–Kier alpha value is -2.14. The fourth-order valence-corrected chi connectivity index (χ4v) is 2.44. The monoisotopic (exact) mass is 284 g/mol. The molecule has 5 heteroatoms. The van der Waals surface area contributed by atoms with Crippen LogP contribution in [0.2, 0.25) is 0 Å². The number of aromatic nitrogens is 4. The zero-order chi connectivity index (χ0) is 14.8. The van der Waals surface area contributed by atoms with E-state index < -0.39 is 0 Å². The molecule has 0 atom stereocenters. The number of rotatable bonds is 5. The van der Waals surface area contributed by atoms with Gasteiger partial charge in [-0.05, 0) is 26.0 Å². The maximum absolute atomic E-state index is 5.23. The van der Waals surface area contributed by atoms with E-state index in [0.717, 1.165) is 29.0 Å². The number of hydrogen-bond donors (Lipinski definition) is 0. The van der Waals surface area contributed by atoms with Crippen LogP contribution in [0.4, 0.5) is 0 Å². The molecule has 0 spiro atoms. The Labute approximate surface area is 124 Å². The minimum atomic E-state index is 0.343. The molecule has 0 aliphatic rings.